The Bertz CT molecular complexity index is 624. The average molecular weight is 238 g/mol. The Morgan fingerprint density at radius 1 is 1.40 bits per heavy atom. The fourth-order valence-electron chi connectivity index (χ4n) is 1.60. The van der Waals surface area contributed by atoms with Crippen molar-refractivity contribution in [3.63, 3.8) is 0 Å². The lowest BCUT2D eigenvalue weighted by Gasteiger charge is -1.94. The third-order valence-electron chi connectivity index (χ3n) is 2.20. The Morgan fingerprint density at radius 2 is 2.27 bits per heavy atom. The van der Waals surface area contributed by atoms with Crippen molar-refractivity contribution in [2.45, 2.75) is 6.92 Å². The van der Waals surface area contributed by atoms with E-state index in [-0.39, 0.29) is 1.43 Å². The van der Waals surface area contributed by atoms with E-state index in [4.69, 9.17) is 5.73 Å². The van der Waals surface area contributed by atoms with E-state index < -0.39 is 0 Å². The highest BCUT2D eigenvalue weighted by Gasteiger charge is 2.13. The first-order valence-corrected chi connectivity index (χ1v) is 6.15. The summed E-state index contributed by atoms with van der Waals surface area (Å²) in [5, 5.41) is 4.57. The van der Waals surface area contributed by atoms with Gasteiger partial charge >= 0.3 is 0 Å². The molecule has 3 aromatic heterocycles. The summed E-state index contributed by atoms with van der Waals surface area (Å²) < 4.78 is 2.05. The molecule has 78 valence electrons. The zero-order chi connectivity index (χ0) is 10.4. The van der Waals surface area contributed by atoms with Crippen LogP contribution in [0, 0.1) is 6.92 Å². The third kappa shape index (κ3) is 1.25. The highest BCUT2D eigenvalue weighted by molar-refractivity contribution is 7.15. The Morgan fingerprint density at radius 3 is 3.00 bits per heavy atom. The van der Waals surface area contributed by atoms with Gasteiger partial charge in [0.2, 0.25) is 0 Å². The maximum atomic E-state index is 5.63. The molecule has 0 amide bonds. The summed E-state index contributed by atoms with van der Waals surface area (Å²) in [7, 11) is 0. The van der Waals surface area contributed by atoms with Crippen molar-refractivity contribution >= 4 is 32.8 Å². The normalized spacial score (nSPS) is 11.3. The van der Waals surface area contributed by atoms with Gasteiger partial charge in [-0.1, -0.05) is 0 Å². The van der Waals surface area contributed by atoms with E-state index in [0.29, 0.717) is 5.13 Å². The van der Waals surface area contributed by atoms with E-state index in [1.165, 1.54) is 11.3 Å². The summed E-state index contributed by atoms with van der Waals surface area (Å²) in [5.74, 6) is 0. The summed E-state index contributed by atoms with van der Waals surface area (Å²) in [6.45, 7) is 1.99. The van der Waals surface area contributed by atoms with Gasteiger partial charge in [0.15, 0.2) is 10.1 Å². The Labute approximate surface area is 95.5 Å². The van der Waals surface area contributed by atoms with Gasteiger partial charge in [-0.05, 0) is 6.92 Å². The highest BCUT2D eigenvalue weighted by Crippen LogP contribution is 2.28. The molecule has 0 saturated carbocycles. The number of hydrogen-bond donors (Lipinski definition) is 1. The molecule has 0 fully saturated rings. The zero-order valence-electron chi connectivity index (χ0n) is 7.97. The van der Waals surface area contributed by atoms with Crippen LogP contribution in [-0.4, -0.2) is 14.4 Å². The van der Waals surface area contributed by atoms with E-state index in [2.05, 4.69) is 14.4 Å². The highest BCUT2D eigenvalue weighted by atomic mass is 32.1. The number of fused-ring (bicyclic) bond motifs is 1. The van der Waals surface area contributed by atoms with Gasteiger partial charge < -0.3 is 5.73 Å². The standard InChI is InChI=1S/C9H8N4S2.H2/c1-5-7(6-4-15-8(10)12-6)13-2-3-14-9(13)11-5;/h2-4H,1H3,(H2,10,12);1H. The monoisotopic (exact) mass is 238 g/mol. The maximum Gasteiger partial charge on any atom is 0.194 e. The zero-order valence-corrected chi connectivity index (χ0v) is 9.60. The van der Waals surface area contributed by atoms with Crippen LogP contribution >= 0.6 is 22.7 Å². The van der Waals surface area contributed by atoms with Crippen molar-refractivity contribution in [1.29, 1.82) is 0 Å². The van der Waals surface area contributed by atoms with Gasteiger partial charge in [0.1, 0.15) is 5.69 Å². The Hall–Kier alpha value is -1.40. The van der Waals surface area contributed by atoms with Crippen LogP contribution in [-0.2, 0) is 0 Å². The molecule has 4 nitrogen and oxygen atoms in total. The van der Waals surface area contributed by atoms with Crippen LogP contribution in [0.3, 0.4) is 0 Å². The third-order valence-corrected chi connectivity index (χ3v) is 3.63. The molecule has 3 rings (SSSR count). The van der Waals surface area contributed by atoms with Gasteiger partial charge in [-0.25, -0.2) is 9.97 Å². The lowest BCUT2D eigenvalue weighted by atomic mass is 10.3. The average Bonchev–Trinajstić information content (AvgIpc) is 2.81. The molecule has 6 heteroatoms. The molecule has 0 aromatic carbocycles. The minimum absolute atomic E-state index is 0. The molecule has 3 heterocycles. The number of nitrogen functional groups attached to an aromatic ring is 1. The van der Waals surface area contributed by atoms with E-state index in [1.807, 2.05) is 23.9 Å². The SMILES string of the molecule is Cc1nc2sccn2c1-c1csc(N)n1.[HH]. The first-order chi connectivity index (χ1) is 7.25. The molecule has 0 bridgehead atoms. The van der Waals surface area contributed by atoms with Crippen molar-refractivity contribution in [2.24, 2.45) is 0 Å². The summed E-state index contributed by atoms with van der Waals surface area (Å²) in [5.41, 5.74) is 8.57. The van der Waals surface area contributed by atoms with Crippen molar-refractivity contribution < 1.29 is 1.43 Å². The summed E-state index contributed by atoms with van der Waals surface area (Å²) >= 11 is 3.07. The number of nitrogens with zero attached hydrogens (tertiary/aromatic N) is 3. The first-order valence-electron chi connectivity index (χ1n) is 4.39. The summed E-state index contributed by atoms with van der Waals surface area (Å²) in [6, 6.07) is 0. The van der Waals surface area contributed by atoms with E-state index >= 15 is 0 Å². The number of nitrogens with two attached hydrogens (primary N) is 1. The predicted octanol–water partition coefficient (Wildman–Crippen LogP) is 2.66. The van der Waals surface area contributed by atoms with Crippen molar-refractivity contribution in [2.75, 3.05) is 5.73 Å². The quantitative estimate of drug-likeness (QED) is 0.709. The van der Waals surface area contributed by atoms with E-state index in [0.717, 1.165) is 22.0 Å². The molecule has 0 atom stereocenters. The van der Waals surface area contributed by atoms with Crippen LogP contribution in [0.4, 0.5) is 5.13 Å². The maximum absolute atomic E-state index is 5.63. The summed E-state index contributed by atoms with van der Waals surface area (Å²) in [6.07, 6.45) is 2.00. The smallest absolute Gasteiger partial charge is 0.194 e. The number of aromatic nitrogens is 3. The van der Waals surface area contributed by atoms with Crippen LogP contribution in [0.25, 0.3) is 16.3 Å². The molecule has 0 spiro atoms. The first kappa shape index (κ1) is 8.87. The fraction of sp³-hybridized carbons (Fsp3) is 0.111. The molecular weight excluding hydrogens is 228 g/mol. The fourth-order valence-corrected chi connectivity index (χ4v) is 2.91. The van der Waals surface area contributed by atoms with E-state index in [9.17, 15) is 0 Å². The van der Waals surface area contributed by atoms with Crippen LogP contribution in [0.5, 0.6) is 0 Å². The number of hydrogen-bond acceptors (Lipinski definition) is 5. The van der Waals surface area contributed by atoms with Gasteiger partial charge in [-0.3, -0.25) is 4.40 Å². The van der Waals surface area contributed by atoms with Gasteiger partial charge in [-0.2, -0.15) is 0 Å². The van der Waals surface area contributed by atoms with E-state index in [1.54, 1.807) is 11.3 Å². The van der Waals surface area contributed by atoms with Crippen LogP contribution in [0.15, 0.2) is 17.0 Å². The van der Waals surface area contributed by atoms with Gasteiger partial charge in [-0.15, -0.1) is 22.7 Å². The second-order valence-corrected chi connectivity index (χ2v) is 4.94. The lowest BCUT2D eigenvalue weighted by molar-refractivity contribution is 1.20. The second-order valence-electron chi connectivity index (χ2n) is 3.17. The van der Waals surface area contributed by atoms with Crippen LogP contribution < -0.4 is 5.73 Å². The van der Waals surface area contributed by atoms with Crippen molar-refractivity contribution in [1.82, 2.24) is 14.4 Å². The van der Waals surface area contributed by atoms with Gasteiger partial charge in [0.25, 0.3) is 0 Å². The van der Waals surface area contributed by atoms with Gasteiger partial charge in [0.05, 0.1) is 11.4 Å². The molecule has 0 aliphatic carbocycles. The topological polar surface area (TPSA) is 56.2 Å². The lowest BCUT2D eigenvalue weighted by Crippen LogP contribution is -1.88. The molecule has 0 aliphatic heterocycles. The molecule has 0 saturated heterocycles. The molecule has 0 unspecified atom stereocenters. The second kappa shape index (κ2) is 3.04. The number of thiazole rings is 2. The molecular formula is C9H10N4S2. The molecule has 0 radical (unpaired) electrons. The minimum atomic E-state index is 0. The molecule has 0 aliphatic rings. The Kier molecular flexibility index (Phi) is 1.80. The number of aryl methyl sites for hydroxylation is 1. The largest absolute Gasteiger partial charge is 0.375 e. The van der Waals surface area contributed by atoms with Crippen LogP contribution in [0.2, 0.25) is 0 Å². The number of anilines is 1. The minimum Gasteiger partial charge on any atom is -0.375 e. The summed E-state index contributed by atoms with van der Waals surface area (Å²) in [4.78, 5) is 9.74. The Balaban J connectivity index is 0.000000963. The van der Waals surface area contributed by atoms with Gasteiger partial charge in [0, 0.05) is 18.4 Å². The predicted molar refractivity (Wildman–Crippen MR) is 65.4 cm³/mol. The van der Waals surface area contributed by atoms with Crippen molar-refractivity contribution in [3.8, 4) is 11.4 Å². The van der Waals surface area contributed by atoms with Crippen LogP contribution in [0.1, 0.15) is 7.12 Å². The van der Waals surface area contributed by atoms with Crippen molar-refractivity contribution in [3.05, 3.63) is 22.7 Å². The number of imidazole rings is 1. The molecule has 2 N–H and O–H groups in total. The molecule has 15 heavy (non-hydrogen) atoms. The number of rotatable bonds is 1. The molecule has 3 aromatic rings.